The molecule has 1 N–H and O–H groups in total. The summed E-state index contributed by atoms with van der Waals surface area (Å²) in [6.07, 6.45) is 5.18. The first-order valence-electron chi connectivity index (χ1n) is 9.08. The number of hydrogen-bond donors (Lipinski definition) is 1. The summed E-state index contributed by atoms with van der Waals surface area (Å²) in [6.45, 7) is 2.71. The van der Waals surface area contributed by atoms with Crippen LogP contribution in [0.25, 0.3) is 0 Å². The number of carbonyl (C=O) groups excluding carboxylic acids is 1. The van der Waals surface area contributed by atoms with E-state index in [-0.39, 0.29) is 12.0 Å². The molecule has 0 aromatic heterocycles. The predicted molar refractivity (Wildman–Crippen MR) is 94.0 cm³/mol. The van der Waals surface area contributed by atoms with E-state index in [9.17, 15) is 4.79 Å². The van der Waals surface area contributed by atoms with Gasteiger partial charge in [-0.1, -0.05) is 23.7 Å². The van der Waals surface area contributed by atoms with Crippen LogP contribution < -0.4 is 5.32 Å². The van der Waals surface area contributed by atoms with Gasteiger partial charge in [-0.15, -0.1) is 0 Å². The molecule has 1 unspecified atom stereocenters. The van der Waals surface area contributed by atoms with Crippen LogP contribution in [0.5, 0.6) is 0 Å². The lowest BCUT2D eigenvalue weighted by atomic mass is 10.1. The number of hydrogen-bond acceptors (Lipinski definition) is 3. The highest BCUT2D eigenvalue weighted by Crippen LogP contribution is 2.44. The molecule has 2 aliphatic carbocycles. The summed E-state index contributed by atoms with van der Waals surface area (Å²) in [7, 11) is 0. The number of amides is 1. The van der Waals surface area contributed by atoms with Crippen LogP contribution in [0.1, 0.15) is 37.4 Å². The maximum absolute atomic E-state index is 12.5. The molecule has 1 atom stereocenters. The molecule has 0 bridgehead atoms. The molecule has 3 aliphatic rings. The average molecular weight is 349 g/mol. The fraction of sp³-hybridized carbons (Fsp3) is 0.632. The van der Waals surface area contributed by atoms with E-state index in [1.807, 2.05) is 24.3 Å². The van der Waals surface area contributed by atoms with Gasteiger partial charge in [0.1, 0.15) is 0 Å². The van der Waals surface area contributed by atoms with E-state index in [1.165, 1.54) is 25.7 Å². The van der Waals surface area contributed by atoms with Crippen molar-refractivity contribution in [1.29, 1.82) is 0 Å². The minimum absolute atomic E-state index is 0.0199. The Morgan fingerprint density at radius 3 is 2.50 bits per heavy atom. The van der Waals surface area contributed by atoms with Gasteiger partial charge < -0.3 is 10.1 Å². The first-order valence-corrected chi connectivity index (χ1v) is 9.45. The number of morpholine rings is 1. The Morgan fingerprint density at radius 1 is 1.21 bits per heavy atom. The smallest absolute Gasteiger partial charge is 0.234 e. The van der Waals surface area contributed by atoms with Gasteiger partial charge in [0.05, 0.1) is 19.3 Å². The van der Waals surface area contributed by atoms with Gasteiger partial charge in [0.2, 0.25) is 5.91 Å². The lowest BCUT2D eigenvalue weighted by molar-refractivity contribution is -0.125. The Balaban J connectivity index is 1.30. The summed E-state index contributed by atoms with van der Waals surface area (Å²) in [5, 5.41) is 4.04. The Kier molecular flexibility index (Phi) is 4.79. The maximum Gasteiger partial charge on any atom is 0.234 e. The lowest BCUT2D eigenvalue weighted by Crippen LogP contribution is -2.47. The second kappa shape index (κ2) is 7.03. The van der Waals surface area contributed by atoms with Gasteiger partial charge in [-0.25, -0.2) is 0 Å². The second-order valence-electron chi connectivity index (χ2n) is 7.41. The molecule has 24 heavy (non-hydrogen) atoms. The predicted octanol–water partition coefficient (Wildman–Crippen LogP) is 3.02. The summed E-state index contributed by atoms with van der Waals surface area (Å²) < 4.78 is 5.88. The number of rotatable bonds is 6. The molecule has 1 saturated heterocycles. The van der Waals surface area contributed by atoms with Crippen LogP contribution in [-0.2, 0) is 9.53 Å². The van der Waals surface area contributed by atoms with Crippen molar-refractivity contribution in [1.82, 2.24) is 10.2 Å². The summed E-state index contributed by atoms with van der Waals surface area (Å²) in [5.41, 5.74) is 1.12. The van der Waals surface area contributed by atoms with E-state index in [0.717, 1.165) is 35.5 Å². The van der Waals surface area contributed by atoms with Crippen LogP contribution in [0.3, 0.4) is 0 Å². The van der Waals surface area contributed by atoms with E-state index < -0.39 is 0 Å². The van der Waals surface area contributed by atoms with E-state index in [2.05, 4.69) is 10.2 Å². The van der Waals surface area contributed by atoms with Crippen molar-refractivity contribution in [2.75, 3.05) is 26.2 Å². The third-order valence-corrected chi connectivity index (χ3v) is 5.60. The Hall–Kier alpha value is -1.10. The maximum atomic E-state index is 12.5. The largest absolute Gasteiger partial charge is 0.371 e. The summed E-state index contributed by atoms with van der Waals surface area (Å²) in [6, 6.07) is 8.23. The highest BCUT2D eigenvalue weighted by molar-refractivity contribution is 6.30. The first kappa shape index (κ1) is 16.4. The molecule has 130 valence electrons. The van der Waals surface area contributed by atoms with E-state index in [4.69, 9.17) is 16.3 Å². The molecular formula is C19H25ClN2O2. The number of halogens is 1. The van der Waals surface area contributed by atoms with Crippen LogP contribution in [0.15, 0.2) is 24.3 Å². The van der Waals surface area contributed by atoms with Crippen molar-refractivity contribution >= 4 is 17.5 Å². The van der Waals surface area contributed by atoms with Gasteiger partial charge in [-0.3, -0.25) is 9.69 Å². The van der Waals surface area contributed by atoms with Crippen molar-refractivity contribution in [3.05, 3.63) is 34.9 Å². The van der Waals surface area contributed by atoms with Gasteiger partial charge in [-0.05, 0) is 55.2 Å². The molecule has 1 aliphatic heterocycles. The van der Waals surface area contributed by atoms with E-state index in [0.29, 0.717) is 19.2 Å². The van der Waals surface area contributed by atoms with Crippen molar-refractivity contribution in [2.45, 2.75) is 37.8 Å². The summed E-state index contributed by atoms with van der Waals surface area (Å²) in [4.78, 5) is 14.7. The van der Waals surface area contributed by atoms with Crippen molar-refractivity contribution in [2.24, 2.45) is 11.8 Å². The number of nitrogens with zero attached hydrogens (tertiary/aromatic N) is 1. The first-order chi connectivity index (χ1) is 11.7. The SMILES string of the molecule is O=C(CN1CCOC(c2ccc(Cl)cc2)C1)NC(C1CC1)C1CC1. The Bertz CT molecular complexity index is 572. The zero-order valence-electron chi connectivity index (χ0n) is 13.9. The zero-order chi connectivity index (χ0) is 16.5. The minimum atomic E-state index is 0.0199. The van der Waals surface area contributed by atoms with E-state index >= 15 is 0 Å². The quantitative estimate of drug-likeness (QED) is 0.859. The molecule has 2 saturated carbocycles. The summed E-state index contributed by atoms with van der Waals surface area (Å²) >= 11 is 5.95. The Labute approximate surface area is 148 Å². The highest BCUT2D eigenvalue weighted by atomic mass is 35.5. The standard InChI is InChI=1S/C19H25ClN2O2/c20-16-7-5-13(6-8-16)17-11-22(9-10-24-17)12-18(23)21-19(14-1-2-14)15-3-4-15/h5-8,14-15,17,19H,1-4,9-12H2,(H,21,23). The van der Waals surface area contributed by atoms with Gasteiger partial charge in [0, 0.05) is 24.2 Å². The monoisotopic (exact) mass is 348 g/mol. The Morgan fingerprint density at radius 2 is 1.88 bits per heavy atom. The molecule has 1 amide bonds. The fourth-order valence-electron chi connectivity index (χ4n) is 3.69. The third kappa shape index (κ3) is 4.11. The van der Waals surface area contributed by atoms with E-state index in [1.54, 1.807) is 0 Å². The van der Waals surface area contributed by atoms with Crippen molar-refractivity contribution in [3.63, 3.8) is 0 Å². The fourth-order valence-corrected chi connectivity index (χ4v) is 3.82. The number of carbonyl (C=O) groups is 1. The summed E-state index contributed by atoms with van der Waals surface area (Å²) in [5.74, 6) is 1.66. The number of ether oxygens (including phenoxy) is 1. The average Bonchev–Trinajstić information content (AvgIpc) is 3.48. The molecule has 1 heterocycles. The molecule has 0 spiro atoms. The van der Waals surface area contributed by atoms with Crippen LogP contribution in [0.2, 0.25) is 5.02 Å². The van der Waals surface area contributed by atoms with Crippen LogP contribution in [0.4, 0.5) is 0 Å². The molecule has 1 aromatic carbocycles. The lowest BCUT2D eigenvalue weighted by Gasteiger charge is -2.33. The van der Waals surface area contributed by atoms with Crippen LogP contribution in [-0.4, -0.2) is 43.1 Å². The van der Waals surface area contributed by atoms with Gasteiger partial charge in [0.25, 0.3) is 0 Å². The molecule has 0 radical (unpaired) electrons. The molecule has 4 nitrogen and oxygen atoms in total. The van der Waals surface area contributed by atoms with Crippen molar-refractivity contribution < 1.29 is 9.53 Å². The molecule has 3 fully saturated rings. The van der Waals surface area contributed by atoms with Crippen LogP contribution in [0, 0.1) is 11.8 Å². The van der Waals surface area contributed by atoms with Gasteiger partial charge in [0.15, 0.2) is 0 Å². The normalized spacial score (nSPS) is 25.0. The molecule has 4 rings (SSSR count). The molecular weight excluding hydrogens is 324 g/mol. The zero-order valence-corrected chi connectivity index (χ0v) is 14.7. The number of benzene rings is 1. The highest BCUT2D eigenvalue weighted by Gasteiger charge is 2.42. The van der Waals surface area contributed by atoms with Crippen LogP contribution >= 0.6 is 11.6 Å². The minimum Gasteiger partial charge on any atom is -0.371 e. The number of nitrogens with one attached hydrogen (secondary N) is 1. The third-order valence-electron chi connectivity index (χ3n) is 5.35. The molecule has 5 heteroatoms. The van der Waals surface area contributed by atoms with Gasteiger partial charge in [-0.2, -0.15) is 0 Å². The molecule has 1 aromatic rings. The van der Waals surface area contributed by atoms with Gasteiger partial charge >= 0.3 is 0 Å². The topological polar surface area (TPSA) is 41.6 Å². The van der Waals surface area contributed by atoms with Crippen molar-refractivity contribution in [3.8, 4) is 0 Å². The second-order valence-corrected chi connectivity index (χ2v) is 7.85.